The monoisotopic (exact) mass is 284 g/mol. The molecule has 1 N–H and O–H groups in total. The number of benzene rings is 1. The van der Waals surface area contributed by atoms with Gasteiger partial charge in [-0.15, -0.1) is 0 Å². The first kappa shape index (κ1) is 12.9. The van der Waals surface area contributed by atoms with Crippen molar-refractivity contribution in [1.82, 2.24) is 0 Å². The van der Waals surface area contributed by atoms with Crippen molar-refractivity contribution >= 4 is 17.6 Å². The Morgan fingerprint density at radius 3 is 2.84 bits per heavy atom. The molecule has 3 unspecified atom stereocenters. The summed E-state index contributed by atoms with van der Waals surface area (Å²) in [7, 11) is 0. The summed E-state index contributed by atoms with van der Waals surface area (Å²) in [6.07, 6.45) is 2.40. The summed E-state index contributed by atoms with van der Waals surface area (Å²) in [4.78, 5) is 11.7. The minimum atomic E-state index is -0.885. The minimum Gasteiger partial charge on any atom is -0.481 e. The lowest BCUT2D eigenvalue weighted by Crippen LogP contribution is -2.42. The van der Waals surface area contributed by atoms with Gasteiger partial charge in [0.1, 0.15) is 11.2 Å². The Kier molecular flexibility index (Phi) is 3.02. The molecule has 2 aliphatic rings. The Balaban J connectivity index is 1.90. The SMILES string of the molecule is O=C(O)C1(Cc2ccc(F)c(Cl)c2)CC2CCC1O2. The van der Waals surface area contributed by atoms with Crippen molar-refractivity contribution in [2.75, 3.05) is 0 Å². The summed E-state index contributed by atoms with van der Waals surface area (Å²) in [6, 6.07) is 4.38. The van der Waals surface area contributed by atoms with Gasteiger partial charge in [-0.05, 0) is 43.4 Å². The van der Waals surface area contributed by atoms with Gasteiger partial charge >= 0.3 is 5.97 Å². The summed E-state index contributed by atoms with van der Waals surface area (Å²) < 4.78 is 18.8. The number of ether oxygens (including phenoxy) is 1. The van der Waals surface area contributed by atoms with Gasteiger partial charge in [0.15, 0.2) is 0 Å². The average molecular weight is 285 g/mol. The molecule has 5 heteroatoms. The van der Waals surface area contributed by atoms with Gasteiger partial charge in [0, 0.05) is 0 Å². The van der Waals surface area contributed by atoms with E-state index in [1.54, 1.807) is 6.07 Å². The van der Waals surface area contributed by atoms with Crippen LogP contribution in [0.2, 0.25) is 5.02 Å². The summed E-state index contributed by atoms with van der Waals surface area (Å²) in [5.41, 5.74) is -0.144. The summed E-state index contributed by atoms with van der Waals surface area (Å²) >= 11 is 5.75. The lowest BCUT2D eigenvalue weighted by atomic mass is 9.70. The molecule has 3 rings (SSSR count). The molecule has 0 amide bonds. The Morgan fingerprint density at radius 1 is 1.53 bits per heavy atom. The smallest absolute Gasteiger partial charge is 0.312 e. The number of carboxylic acid groups (broad SMARTS) is 1. The van der Waals surface area contributed by atoms with E-state index in [-0.39, 0.29) is 17.2 Å². The summed E-state index contributed by atoms with van der Waals surface area (Å²) in [5.74, 6) is -1.32. The highest BCUT2D eigenvalue weighted by atomic mass is 35.5. The molecule has 2 heterocycles. The van der Waals surface area contributed by atoms with Crippen molar-refractivity contribution in [1.29, 1.82) is 0 Å². The normalized spacial score (nSPS) is 32.7. The lowest BCUT2D eigenvalue weighted by molar-refractivity contribution is -0.152. The van der Waals surface area contributed by atoms with Crippen LogP contribution in [-0.2, 0) is 16.0 Å². The van der Waals surface area contributed by atoms with Gasteiger partial charge < -0.3 is 9.84 Å². The van der Waals surface area contributed by atoms with Crippen LogP contribution in [-0.4, -0.2) is 23.3 Å². The van der Waals surface area contributed by atoms with E-state index in [0.29, 0.717) is 12.8 Å². The van der Waals surface area contributed by atoms with Crippen molar-refractivity contribution in [3.8, 4) is 0 Å². The highest BCUT2D eigenvalue weighted by Gasteiger charge is 2.57. The van der Waals surface area contributed by atoms with Crippen LogP contribution in [0.5, 0.6) is 0 Å². The largest absolute Gasteiger partial charge is 0.481 e. The van der Waals surface area contributed by atoms with Crippen molar-refractivity contribution in [3.05, 3.63) is 34.6 Å². The van der Waals surface area contributed by atoms with Gasteiger partial charge in [-0.3, -0.25) is 4.79 Å². The molecule has 1 aromatic carbocycles. The molecule has 1 aromatic rings. The average Bonchev–Trinajstić information content (AvgIpc) is 2.94. The van der Waals surface area contributed by atoms with Crippen molar-refractivity contribution < 1.29 is 19.0 Å². The highest BCUT2D eigenvalue weighted by Crippen LogP contribution is 2.49. The quantitative estimate of drug-likeness (QED) is 0.928. The molecule has 2 aliphatic heterocycles. The summed E-state index contributed by atoms with van der Waals surface area (Å²) in [6.45, 7) is 0. The first-order valence-electron chi connectivity index (χ1n) is 6.34. The second-order valence-corrected chi connectivity index (χ2v) is 5.82. The van der Waals surface area contributed by atoms with E-state index in [2.05, 4.69) is 0 Å². The van der Waals surface area contributed by atoms with Gasteiger partial charge in [0.25, 0.3) is 0 Å². The maximum atomic E-state index is 13.1. The van der Waals surface area contributed by atoms with Crippen LogP contribution in [0.25, 0.3) is 0 Å². The zero-order valence-corrected chi connectivity index (χ0v) is 11.0. The first-order chi connectivity index (χ1) is 9.01. The molecule has 19 heavy (non-hydrogen) atoms. The molecular formula is C14H14ClFO3. The molecule has 3 atom stereocenters. The Labute approximate surface area is 115 Å². The van der Waals surface area contributed by atoms with Crippen LogP contribution in [0.3, 0.4) is 0 Å². The Morgan fingerprint density at radius 2 is 2.32 bits per heavy atom. The molecule has 102 valence electrons. The van der Waals surface area contributed by atoms with E-state index >= 15 is 0 Å². The minimum absolute atomic E-state index is 0.0297. The predicted molar refractivity (Wildman–Crippen MR) is 67.7 cm³/mol. The number of halogens is 2. The van der Waals surface area contributed by atoms with Crippen LogP contribution in [0, 0.1) is 11.2 Å². The fourth-order valence-corrected chi connectivity index (χ4v) is 3.50. The maximum Gasteiger partial charge on any atom is 0.312 e. The van der Waals surface area contributed by atoms with Crippen LogP contribution < -0.4 is 0 Å². The number of rotatable bonds is 3. The van der Waals surface area contributed by atoms with E-state index in [9.17, 15) is 14.3 Å². The third-order valence-corrected chi connectivity index (χ3v) is 4.53. The predicted octanol–water partition coefficient (Wildman–Crippen LogP) is 3.04. The topological polar surface area (TPSA) is 46.5 Å². The zero-order valence-electron chi connectivity index (χ0n) is 10.2. The number of hydrogen-bond donors (Lipinski definition) is 1. The molecule has 2 fully saturated rings. The van der Waals surface area contributed by atoms with Crippen molar-refractivity contribution in [2.24, 2.45) is 5.41 Å². The fourth-order valence-electron chi connectivity index (χ4n) is 3.30. The molecule has 2 saturated heterocycles. The Hall–Kier alpha value is -1.13. The van der Waals surface area contributed by atoms with Crippen molar-refractivity contribution in [2.45, 2.75) is 37.9 Å². The third-order valence-electron chi connectivity index (χ3n) is 4.25. The van der Waals surface area contributed by atoms with Gasteiger partial charge in [-0.2, -0.15) is 0 Å². The fraction of sp³-hybridized carbons (Fsp3) is 0.500. The molecule has 0 radical (unpaired) electrons. The molecule has 3 nitrogen and oxygen atoms in total. The van der Waals surface area contributed by atoms with Crippen LogP contribution >= 0.6 is 11.6 Å². The molecule has 0 aromatic heterocycles. The van der Waals surface area contributed by atoms with Gasteiger partial charge in [0.05, 0.1) is 17.2 Å². The molecule has 0 saturated carbocycles. The van der Waals surface area contributed by atoms with Gasteiger partial charge in [0.2, 0.25) is 0 Å². The second-order valence-electron chi connectivity index (χ2n) is 5.41. The third kappa shape index (κ3) is 2.03. The van der Waals surface area contributed by atoms with Gasteiger partial charge in [-0.25, -0.2) is 4.39 Å². The molecular weight excluding hydrogens is 271 g/mol. The molecule has 0 spiro atoms. The number of carbonyl (C=O) groups is 1. The van der Waals surface area contributed by atoms with Crippen LogP contribution in [0.15, 0.2) is 18.2 Å². The van der Waals surface area contributed by atoms with E-state index in [0.717, 1.165) is 18.4 Å². The number of carboxylic acids is 1. The number of aliphatic carboxylic acids is 1. The standard InChI is InChI=1S/C14H14ClFO3/c15-10-5-8(1-3-11(10)16)6-14(13(17)18)7-9-2-4-12(14)19-9/h1,3,5,9,12H,2,4,6-7H2,(H,17,18). The highest BCUT2D eigenvalue weighted by molar-refractivity contribution is 6.30. The van der Waals surface area contributed by atoms with E-state index in [1.807, 2.05) is 0 Å². The maximum absolute atomic E-state index is 13.1. The summed E-state index contributed by atoms with van der Waals surface area (Å²) in [5, 5.41) is 9.61. The number of hydrogen-bond acceptors (Lipinski definition) is 2. The van der Waals surface area contributed by atoms with Crippen molar-refractivity contribution in [3.63, 3.8) is 0 Å². The van der Waals surface area contributed by atoms with Crippen LogP contribution in [0.4, 0.5) is 4.39 Å². The first-order valence-corrected chi connectivity index (χ1v) is 6.72. The lowest BCUT2D eigenvalue weighted by Gasteiger charge is -2.31. The zero-order chi connectivity index (χ0) is 13.6. The second kappa shape index (κ2) is 4.46. The van der Waals surface area contributed by atoms with E-state index in [4.69, 9.17) is 16.3 Å². The van der Waals surface area contributed by atoms with Gasteiger partial charge in [-0.1, -0.05) is 17.7 Å². The number of fused-ring (bicyclic) bond motifs is 2. The van der Waals surface area contributed by atoms with Crippen LogP contribution in [0.1, 0.15) is 24.8 Å². The van der Waals surface area contributed by atoms with E-state index in [1.165, 1.54) is 12.1 Å². The van der Waals surface area contributed by atoms with E-state index < -0.39 is 17.2 Å². The molecule has 2 bridgehead atoms. The Bertz CT molecular complexity index is 533. The molecule has 0 aliphatic carbocycles.